The number of rotatable bonds is 4. The number of fused-ring (bicyclic) bond motifs is 1. The van der Waals surface area contributed by atoms with Crippen LogP contribution < -0.4 is 9.47 Å². The SMILES string of the molecule is N#Cc1cccc(S(=O)(=O)N2CCN(Cc3ccc4c(c3)OCO4)CC2)c1. The van der Waals surface area contributed by atoms with Crippen molar-refractivity contribution in [2.45, 2.75) is 11.4 Å². The summed E-state index contributed by atoms with van der Waals surface area (Å²) in [5.41, 5.74) is 1.45. The predicted octanol–water partition coefficient (Wildman–Crippen LogP) is 1.79. The highest BCUT2D eigenvalue weighted by molar-refractivity contribution is 7.89. The minimum absolute atomic E-state index is 0.172. The van der Waals surface area contributed by atoms with E-state index in [1.54, 1.807) is 12.1 Å². The van der Waals surface area contributed by atoms with Gasteiger partial charge in [-0.25, -0.2) is 8.42 Å². The standard InChI is InChI=1S/C19H19N3O4S/c20-12-15-2-1-3-17(10-15)27(23,24)22-8-6-21(7-9-22)13-16-4-5-18-19(11-16)26-14-25-18/h1-5,10-11H,6-9,13-14H2. The van der Waals surface area contributed by atoms with Gasteiger partial charge in [-0.05, 0) is 35.9 Å². The van der Waals surface area contributed by atoms with Gasteiger partial charge in [0.15, 0.2) is 11.5 Å². The molecule has 0 aliphatic carbocycles. The van der Waals surface area contributed by atoms with Crippen LogP contribution in [0.15, 0.2) is 47.4 Å². The number of nitriles is 1. The largest absolute Gasteiger partial charge is 0.454 e. The summed E-state index contributed by atoms with van der Waals surface area (Å²) in [7, 11) is -3.58. The van der Waals surface area contributed by atoms with Gasteiger partial charge in [0.05, 0.1) is 16.5 Å². The minimum Gasteiger partial charge on any atom is -0.454 e. The number of piperazine rings is 1. The molecule has 1 fully saturated rings. The third kappa shape index (κ3) is 3.62. The Balaban J connectivity index is 1.40. The molecule has 0 spiro atoms. The Morgan fingerprint density at radius 2 is 1.78 bits per heavy atom. The Labute approximate surface area is 158 Å². The molecule has 1 saturated heterocycles. The fourth-order valence-corrected chi connectivity index (χ4v) is 4.77. The lowest BCUT2D eigenvalue weighted by molar-refractivity contribution is 0.173. The first-order chi connectivity index (χ1) is 13.1. The normalized spacial score (nSPS) is 17.6. The summed E-state index contributed by atoms with van der Waals surface area (Å²) in [4.78, 5) is 2.39. The van der Waals surface area contributed by atoms with Crippen molar-refractivity contribution in [1.82, 2.24) is 9.21 Å². The van der Waals surface area contributed by atoms with Crippen molar-refractivity contribution in [3.05, 3.63) is 53.6 Å². The zero-order chi connectivity index (χ0) is 18.9. The van der Waals surface area contributed by atoms with Crippen LogP contribution in [0.4, 0.5) is 0 Å². The van der Waals surface area contributed by atoms with Gasteiger partial charge in [-0.15, -0.1) is 0 Å². The average Bonchev–Trinajstić information content (AvgIpc) is 3.16. The number of benzene rings is 2. The highest BCUT2D eigenvalue weighted by atomic mass is 32.2. The molecule has 0 bridgehead atoms. The van der Waals surface area contributed by atoms with Gasteiger partial charge in [-0.3, -0.25) is 4.90 Å². The smallest absolute Gasteiger partial charge is 0.243 e. The third-order valence-corrected chi connectivity index (χ3v) is 6.67. The van der Waals surface area contributed by atoms with Gasteiger partial charge in [-0.1, -0.05) is 12.1 Å². The van der Waals surface area contributed by atoms with Crippen LogP contribution in [0.1, 0.15) is 11.1 Å². The second-order valence-corrected chi connectivity index (χ2v) is 8.45. The zero-order valence-corrected chi connectivity index (χ0v) is 15.5. The van der Waals surface area contributed by atoms with Gasteiger partial charge in [0.25, 0.3) is 0 Å². The van der Waals surface area contributed by atoms with Crippen LogP contribution in [0.25, 0.3) is 0 Å². The number of hydrogen-bond donors (Lipinski definition) is 0. The van der Waals surface area contributed by atoms with E-state index >= 15 is 0 Å². The summed E-state index contributed by atoms with van der Waals surface area (Å²) in [6.07, 6.45) is 0. The van der Waals surface area contributed by atoms with Crippen molar-refractivity contribution in [3.8, 4) is 17.6 Å². The topological polar surface area (TPSA) is 82.9 Å². The molecule has 27 heavy (non-hydrogen) atoms. The molecule has 0 amide bonds. The van der Waals surface area contributed by atoms with Crippen LogP contribution in [0.5, 0.6) is 11.5 Å². The minimum atomic E-state index is -3.58. The van der Waals surface area contributed by atoms with Gasteiger partial charge in [0.2, 0.25) is 16.8 Å². The van der Waals surface area contributed by atoms with Crippen molar-refractivity contribution in [1.29, 1.82) is 5.26 Å². The molecular formula is C19H19N3O4S. The fraction of sp³-hybridized carbons (Fsp3) is 0.316. The molecule has 140 valence electrons. The molecule has 0 saturated carbocycles. The summed E-state index contributed by atoms with van der Waals surface area (Å²) >= 11 is 0. The highest BCUT2D eigenvalue weighted by Crippen LogP contribution is 2.33. The van der Waals surface area contributed by atoms with Gasteiger partial charge in [0, 0.05) is 32.7 Å². The van der Waals surface area contributed by atoms with Gasteiger partial charge in [-0.2, -0.15) is 9.57 Å². The number of sulfonamides is 1. The lowest BCUT2D eigenvalue weighted by atomic mass is 10.2. The van der Waals surface area contributed by atoms with E-state index in [2.05, 4.69) is 4.90 Å². The molecule has 0 radical (unpaired) electrons. The first-order valence-electron chi connectivity index (χ1n) is 8.67. The van der Waals surface area contributed by atoms with E-state index in [0.717, 1.165) is 23.6 Å². The zero-order valence-electron chi connectivity index (χ0n) is 14.7. The maximum absolute atomic E-state index is 12.8. The number of nitrogens with zero attached hydrogens (tertiary/aromatic N) is 3. The van der Waals surface area contributed by atoms with E-state index < -0.39 is 10.0 Å². The Kier molecular flexibility index (Phi) is 4.74. The van der Waals surface area contributed by atoms with E-state index in [0.29, 0.717) is 31.7 Å². The lowest BCUT2D eigenvalue weighted by Gasteiger charge is -2.34. The first-order valence-corrected chi connectivity index (χ1v) is 10.1. The monoisotopic (exact) mass is 385 g/mol. The van der Waals surface area contributed by atoms with Crippen LogP contribution >= 0.6 is 0 Å². The van der Waals surface area contributed by atoms with Crippen molar-refractivity contribution in [2.75, 3.05) is 33.0 Å². The van der Waals surface area contributed by atoms with Gasteiger partial charge < -0.3 is 9.47 Å². The molecular weight excluding hydrogens is 366 g/mol. The lowest BCUT2D eigenvalue weighted by Crippen LogP contribution is -2.48. The Morgan fingerprint density at radius 1 is 1.00 bits per heavy atom. The van der Waals surface area contributed by atoms with Crippen LogP contribution in [-0.4, -0.2) is 50.6 Å². The molecule has 2 aromatic rings. The summed E-state index contributed by atoms with van der Waals surface area (Å²) in [5.74, 6) is 1.51. The van der Waals surface area contributed by atoms with Crippen LogP contribution in [-0.2, 0) is 16.6 Å². The van der Waals surface area contributed by atoms with Crippen LogP contribution in [0.2, 0.25) is 0 Å². The van der Waals surface area contributed by atoms with Crippen molar-refractivity contribution in [3.63, 3.8) is 0 Å². The molecule has 2 aliphatic rings. The average molecular weight is 385 g/mol. The quantitative estimate of drug-likeness (QED) is 0.798. The molecule has 2 aromatic carbocycles. The summed E-state index contributed by atoms with van der Waals surface area (Å²) < 4.78 is 37.8. The maximum Gasteiger partial charge on any atom is 0.243 e. The van der Waals surface area contributed by atoms with Gasteiger partial charge >= 0.3 is 0 Å². The van der Waals surface area contributed by atoms with E-state index in [1.165, 1.54) is 16.4 Å². The molecule has 0 atom stereocenters. The van der Waals surface area contributed by atoms with Crippen molar-refractivity contribution in [2.24, 2.45) is 0 Å². The fourth-order valence-electron chi connectivity index (χ4n) is 3.30. The summed E-state index contributed by atoms with van der Waals surface area (Å²) in [6.45, 7) is 3.11. The molecule has 4 rings (SSSR count). The molecule has 2 heterocycles. The highest BCUT2D eigenvalue weighted by Gasteiger charge is 2.28. The van der Waals surface area contributed by atoms with E-state index in [-0.39, 0.29) is 11.7 Å². The Hall–Kier alpha value is -2.60. The summed E-state index contributed by atoms with van der Waals surface area (Å²) in [5, 5.41) is 8.99. The van der Waals surface area contributed by atoms with Crippen molar-refractivity contribution < 1.29 is 17.9 Å². The van der Waals surface area contributed by atoms with E-state index in [4.69, 9.17) is 14.7 Å². The first kappa shape index (κ1) is 17.8. The molecule has 0 N–H and O–H groups in total. The second-order valence-electron chi connectivity index (χ2n) is 6.51. The molecule has 0 aromatic heterocycles. The van der Waals surface area contributed by atoms with Gasteiger partial charge in [0.1, 0.15) is 0 Å². The molecule has 7 nitrogen and oxygen atoms in total. The Bertz CT molecular complexity index is 992. The predicted molar refractivity (Wildman–Crippen MR) is 97.8 cm³/mol. The summed E-state index contributed by atoms with van der Waals surface area (Å²) in [6, 6.07) is 14.0. The van der Waals surface area contributed by atoms with Crippen LogP contribution in [0.3, 0.4) is 0 Å². The second kappa shape index (κ2) is 7.19. The Morgan fingerprint density at radius 3 is 2.56 bits per heavy atom. The molecule has 8 heteroatoms. The van der Waals surface area contributed by atoms with E-state index in [1.807, 2.05) is 24.3 Å². The third-order valence-electron chi connectivity index (χ3n) is 4.78. The number of hydrogen-bond acceptors (Lipinski definition) is 6. The number of ether oxygens (including phenoxy) is 2. The van der Waals surface area contributed by atoms with E-state index in [9.17, 15) is 8.42 Å². The van der Waals surface area contributed by atoms with Crippen LogP contribution in [0, 0.1) is 11.3 Å². The van der Waals surface area contributed by atoms with Crippen molar-refractivity contribution >= 4 is 10.0 Å². The maximum atomic E-state index is 12.8. The molecule has 2 aliphatic heterocycles. The molecule has 0 unspecified atom stereocenters.